The molecule has 0 aromatic carbocycles. The van der Waals surface area contributed by atoms with Gasteiger partial charge in [-0.3, -0.25) is 9.78 Å². The average Bonchev–Trinajstić information content (AvgIpc) is 2.58. The van der Waals surface area contributed by atoms with Crippen LogP contribution in [-0.4, -0.2) is 27.9 Å². The van der Waals surface area contributed by atoms with Gasteiger partial charge in [-0.1, -0.05) is 44.6 Å². The fraction of sp³-hybridized carbons (Fsp3) is 0.667. The van der Waals surface area contributed by atoms with E-state index in [1.54, 1.807) is 6.20 Å². The van der Waals surface area contributed by atoms with E-state index in [2.05, 4.69) is 9.88 Å². The van der Waals surface area contributed by atoms with Crippen LogP contribution in [0.3, 0.4) is 0 Å². The van der Waals surface area contributed by atoms with Crippen molar-refractivity contribution in [3.63, 3.8) is 0 Å². The van der Waals surface area contributed by atoms with Gasteiger partial charge >= 0.3 is 0 Å². The molecule has 0 atom stereocenters. The van der Waals surface area contributed by atoms with Crippen molar-refractivity contribution >= 4 is 5.91 Å². The van der Waals surface area contributed by atoms with Crippen molar-refractivity contribution in [1.82, 2.24) is 9.88 Å². The first-order chi connectivity index (χ1) is 10.4. The summed E-state index contributed by atoms with van der Waals surface area (Å²) in [6.07, 6.45) is 14.2. The van der Waals surface area contributed by atoms with Crippen LogP contribution >= 0.6 is 0 Å². The van der Waals surface area contributed by atoms with Crippen LogP contribution in [0.5, 0.6) is 0 Å². The predicted molar refractivity (Wildman–Crippen MR) is 84.2 cm³/mol. The Labute approximate surface area is 127 Å². The molecule has 1 amide bonds. The molecule has 0 radical (unpaired) electrons. The minimum atomic E-state index is 0.161. The summed E-state index contributed by atoms with van der Waals surface area (Å²) in [5.41, 5.74) is 0.619. The van der Waals surface area contributed by atoms with Crippen LogP contribution in [-0.2, 0) is 0 Å². The van der Waals surface area contributed by atoms with Crippen LogP contribution in [0.25, 0.3) is 0 Å². The third-order valence-electron chi connectivity index (χ3n) is 5.05. The second-order valence-electron chi connectivity index (χ2n) is 6.51. The lowest BCUT2D eigenvalue weighted by Gasteiger charge is -2.41. The topological polar surface area (TPSA) is 33.2 Å². The molecule has 1 heterocycles. The lowest BCUT2D eigenvalue weighted by Crippen LogP contribution is -2.49. The molecule has 0 bridgehead atoms. The van der Waals surface area contributed by atoms with Gasteiger partial charge in [-0.2, -0.15) is 0 Å². The molecule has 2 saturated carbocycles. The number of carbonyl (C=O) groups is 1. The predicted octanol–water partition coefficient (Wildman–Crippen LogP) is 4.19. The first kappa shape index (κ1) is 14.6. The number of pyridine rings is 1. The molecule has 0 N–H and O–H groups in total. The molecule has 2 fully saturated rings. The first-order valence-corrected chi connectivity index (χ1v) is 8.60. The van der Waals surface area contributed by atoms with Crippen molar-refractivity contribution in [1.29, 1.82) is 0 Å². The Hall–Kier alpha value is -1.38. The quantitative estimate of drug-likeness (QED) is 0.834. The van der Waals surface area contributed by atoms with Gasteiger partial charge in [0.1, 0.15) is 5.69 Å². The van der Waals surface area contributed by atoms with Gasteiger partial charge in [0.2, 0.25) is 0 Å². The van der Waals surface area contributed by atoms with E-state index in [-0.39, 0.29) is 5.91 Å². The molecule has 1 aromatic heterocycles. The van der Waals surface area contributed by atoms with Crippen LogP contribution in [0.15, 0.2) is 24.4 Å². The van der Waals surface area contributed by atoms with E-state index in [0.29, 0.717) is 17.8 Å². The van der Waals surface area contributed by atoms with Crippen molar-refractivity contribution in [2.45, 2.75) is 76.3 Å². The van der Waals surface area contributed by atoms with Crippen molar-refractivity contribution in [3.05, 3.63) is 30.1 Å². The standard InChI is InChI=1S/C18H26N2O/c21-18(17-13-7-8-14-19-17)20(15-9-3-1-4-10-15)16-11-5-2-6-12-16/h7-8,13-16H,1-6,9-12H2. The van der Waals surface area contributed by atoms with E-state index in [4.69, 9.17) is 0 Å². The second-order valence-corrected chi connectivity index (χ2v) is 6.51. The number of hydrogen-bond acceptors (Lipinski definition) is 2. The fourth-order valence-corrected chi connectivity index (χ4v) is 3.97. The SMILES string of the molecule is O=C(c1ccccn1)N(C1CCCCC1)C1CCCCC1. The van der Waals surface area contributed by atoms with E-state index >= 15 is 0 Å². The van der Waals surface area contributed by atoms with Gasteiger partial charge in [0, 0.05) is 18.3 Å². The van der Waals surface area contributed by atoms with E-state index in [0.717, 1.165) is 0 Å². The van der Waals surface area contributed by atoms with Crippen molar-refractivity contribution in [3.8, 4) is 0 Å². The summed E-state index contributed by atoms with van der Waals surface area (Å²) in [6.45, 7) is 0. The highest BCUT2D eigenvalue weighted by Crippen LogP contribution is 2.31. The van der Waals surface area contributed by atoms with Gasteiger partial charge in [-0.25, -0.2) is 0 Å². The highest BCUT2D eigenvalue weighted by molar-refractivity contribution is 5.92. The van der Waals surface area contributed by atoms with Crippen molar-refractivity contribution in [2.24, 2.45) is 0 Å². The molecule has 0 aliphatic heterocycles. The molecular formula is C18H26N2O. The average molecular weight is 286 g/mol. The summed E-state index contributed by atoms with van der Waals surface area (Å²) in [5, 5.41) is 0. The van der Waals surface area contributed by atoms with Gasteiger partial charge < -0.3 is 4.90 Å². The van der Waals surface area contributed by atoms with Crippen LogP contribution in [0.2, 0.25) is 0 Å². The van der Waals surface area contributed by atoms with Gasteiger partial charge in [0.15, 0.2) is 0 Å². The Morgan fingerprint density at radius 3 is 1.95 bits per heavy atom. The zero-order valence-electron chi connectivity index (χ0n) is 12.8. The summed E-state index contributed by atoms with van der Waals surface area (Å²) >= 11 is 0. The lowest BCUT2D eigenvalue weighted by molar-refractivity contribution is 0.0442. The van der Waals surface area contributed by atoms with E-state index in [9.17, 15) is 4.79 Å². The molecule has 0 saturated heterocycles. The van der Waals surface area contributed by atoms with E-state index in [1.165, 1.54) is 64.2 Å². The Kier molecular flexibility index (Phi) is 4.89. The number of amides is 1. The zero-order chi connectivity index (χ0) is 14.5. The summed E-state index contributed by atoms with van der Waals surface area (Å²) in [6, 6.07) is 6.54. The zero-order valence-corrected chi connectivity index (χ0v) is 12.8. The number of hydrogen-bond donors (Lipinski definition) is 0. The minimum absolute atomic E-state index is 0.161. The Bertz CT molecular complexity index is 430. The number of nitrogens with zero attached hydrogens (tertiary/aromatic N) is 2. The monoisotopic (exact) mass is 286 g/mol. The molecule has 1 aromatic rings. The van der Waals surface area contributed by atoms with Crippen LogP contribution in [0.1, 0.15) is 74.7 Å². The number of aromatic nitrogens is 1. The van der Waals surface area contributed by atoms with Gasteiger partial charge in [-0.05, 0) is 37.8 Å². The summed E-state index contributed by atoms with van der Waals surface area (Å²) in [5.74, 6) is 0.161. The Morgan fingerprint density at radius 1 is 0.905 bits per heavy atom. The summed E-state index contributed by atoms with van der Waals surface area (Å²) in [4.78, 5) is 19.5. The molecule has 114 valence electrons. The summed E-state index contributed by atoms with van der Waals surface area (Å²) in [7, 11) is 0. The van der Waals surface area contributed by atoms with Crippen LogP contribution in [0, 0.1) is 0 Å². The first-order valence-electron chi connectivity index (χ1n) is 8.60. The molecule has 2 aliphatic rings. The highest BCUT2D eigenvalue weighted by Gasteiger charge is 2.33. The Balaban J connectivity index is 1.81. The highest BCUT2D eigenvalue weighted by atomic mass is 16.2. The minimum Gasteiger partial charge on any atom is -0.331 e. The smallest absolute Gasteiger partial charge is 0.272 e. The van der Waals surface area contributed by atoms with Crippen LogP contribution < -0.4 is 0 Å². The van der Waals surface area contributed by atoms with Crippen molar-refractivity contribution in [2.75, 3.05) is 0 Å². The third kappa shape index (κ3) is 3.45. The maximum absolute atomic E-state index is 13.0. The maximum Gasteiger partial charge on any atom is 0.272 e. The molecule has 3 nitrogen and oxygen atoms in total. The molecule has 3 rings (SSSR count). The van der Waals surface area contributed by atoms with Gasteiger partial charge in [0.25, 0.3) is 5.91 Å². The maximum atomic E-state index is 13.0. The summed E-state index contributed by atoms with van der Waals surface area (Å²) < 4.78 is 0. The van der Waals surface area contributed by atoms with Crippen LogP contribution in [0.4, 0.5) is 0 Å². The van der Waals surface area contributed by atoms with E-state index < -0.39 is 0 Å². The molecule has 3 heteroatoms. The van der Waals surface area contributed by atoms with Gasteiger partial charge in [-0.15, -0.1) is 0 Å². The third-order valence-corrected chi connectivity index (χ3v) is 5.05. The molecule has 0 spiro atoms. The molecule has 2 aliphatic carbocycles. The van der Waals surface area contributed by atoms with Crippen molar-refractivity contribution < 1.29 is 4.79 Å². The normalized spacial score (nSPS) is 21.1. The molecular weight excluding hydrogens is 260 g/mol. The number of carbonyl (C=O) groups excluding carboxylic acids is 1. The molecule has 0 unspecified atom stereocenters. The molecule has 21 heavy (non-hydrogen) atoms. The van der Waals surface area contributed by atoms with Gasteiger partial charge in [0.05, 0.1) is 0 Å². The largest absolute Gasteiger partial charge is 0.331 e. The Morgan fingerprint density at radius 2 is 1.48 bits per heavy atom. The second kappa shape index (κ2) is 7.06. The lowest BCUT2D eigenvalue weighted by atomic mass is 9.88. The fourth-order valence-electron chi connectivity index (χ4n) is 3.97. The number of rotatable bonds is 3. The van der Waals surface area contributed by atoms with E-state index in [1.807, 2.05) is 18.2 Å².